The Kier molecular flexibility index (Phi) is 6.62. The number of rotatable bonds is 6. The molecule has 4 rings (SSSR count). The minimum atomic E-state index is -0.450. The average molecular weight is 463 g/mol. The van der Waals surface area contributed by atoms with Gasteiger partial charge in [0.1, 0.15) is 5.69 Å². The van der Waals surface area contributed by atoms with Gasteiger partial charge in [0, 0.05) is 36.1 Å². The molecule has 9 heteroatoms. The van der Waals surface area contributed by atoms with Crippen LogP contribution in [-0.4, -0.2) is 29.8 Å². The first-order valence-corrected chi connectivity index (χ1v) is 11.1. The monoisotopic (exact) mass is 462 g/mol. The van der Waals surface area contributed by atoms with E-state index in [4.69, 9.17) is 4.42 Å². The number of nitro groups is 1. The molecular formula is C25H26N4O5. The van der Waals surface area contributed by atoms with Crippen molar-refractivity contribution in [1.82, 2.24) is 0 Å². The van der Waals surface area contributed by atoms with Crippen LogP contribution < -0.4 is 15.5 Å². The fourth-order valence-electron chi connectivity index (χ4n) is 4.00. The predicted octanol–water partition coefficient (Wildman–Crippen LogP) is 5.24. The van der Waals surface area contributed by atoms with E-state index in [9.17, 15) is 19.7 Å². The summed E-state index contributed by atoms with van der Waals surface area (Å²) in [6, 6.07) is 12.8. The summed E-state index contributed by atoms with van der Waals surface area (Å²) in [6.45, 7) is 5.50. The van der Waals surface area contributed by atoms with Crippen molar-refractivity contribution in [3.05, 3.63) is 81.8 Å². The normalized spacial score (nSPS) is 14.0. The first-order chi connectivity index (χ1) is 16.3. The molecule has 2 aromatic carbocycles. The van der Waals surface area contributed by atoms with Crippen molar-refractivity contribution in [3.63, 3.8) is 0 Å². The predicted molar refractivity (Wildman–Crippen MR) is 130 cm³/mol. The number of amides is 2. The van der Waals surface area contributed by atoms with Crippen molar-refractivity contribution in [2.75, 3.05) is 28.6 Å². The lowest BCUT2D eigenvalue weighted by atomic mass is 9.98. The largest absolute Gasteiger partial charge is 0.459 e. The zero-order valence-corrected chi connectivity index (χ0v) is 19.0. The topological polar surface area (TPSA) is 118 Å². The van der Waals surface area contributed by atoms with E-state index in [1.165, 1.54) is 12.3 Å². The van der Waals surface area contributed by atoms with Crippen molar-refractivity contribution >= 4 is 34.6 Å². The maximum atomic E-state index is 12.8. The lowest BCUT2D eigenvalue weighted by Crippen LogP contribution is -2.33. The van der Waals surface area contributed by atoms with Crippen molar-refractivity contribution in [2.24, 2.45) is 5.92 Å². The van der Waals surface area contributed by atoms with Gasteiger partial charge in [-0.3, -0.25) is 19.7 Å². The first kappa shape index (κ1) is 23.0. The van der Waals surface area contributed by atoms with Gasteiger partial charge in [0.15, 0.2) is 5.76 Å². The molecule has 0 atom stereocenters. The number of nitrogens with zero attached hydrogens (tertiary/aromatic N) is 2. The van der Waals surface area contributed by atoms with E-state index >= 15 is 0 Å². The van der Waals surface area contributed by atoms with Gasteiger partial charge in [-0.25, -0.2) is 0 Å². The summed E-state index contributed by atoms with van der Waals surface area (Å²) in [7, 11) is 0. The van der Waals surface area contributed by atoms with E-state index in [0.717, 1.165) is 31.5 Å². The van der Waals surface area contributed by atoms with Crippen LogP contribution in [0.25, 0.3) is 0 Å². The van der Waals surface area contributed by atoms with Gasteiger partial charge in [-0.2, -0.15) is 0 Å². The highest BCUT2D eigenvalue weighted by Crippen LogP contribution is 2.32. The maximum Gasteiger partial charge on any atom is 0.293 e. The van der Waals surface area contributed by atoms with E-state index in [-0.39, 0.29) is 22.9 Å². The van der Waals surface area contributed by atoms with Crippen LogP contribution in [0.1, 0.15) is 46.2 Å². The van der Waals surface area contributed by atoms with Crippen LogP contribution in [0.5, 0.6) is 0 Å². The Morgan fingerprint density at radius 2 is 1.82 bits per heavy atom. The average Bonchev–Trinajstić information content (AvgIpc) is 3.36. The summed E-state index contributed by atoms with van der Waals surface area (Å²) in [5.74, 6) is -0.0244. The van der Waals surface area contributed by atoms with Crippen molar-refractivity contribution in [3.8, 4) is 0 Å². The molecule has 0 radical (unpaired) electrons. The number of hydrogen-bond acceptors (Lipinski definition) is 6. The second-order valence-corrected chi connectivity index (χ2v) is 8.55. The van der Waals surface area contributed by atoms with Gasteiger partial charge in [0.05, 0.1) is 11.2 Å². The number of carbonyl (C=O) groups is 2. The highest BCUT2D eigenvalue weighted by Gasteiger charge is 2.25. The number of anilines is 3. The number of hydrogen-bond donors (Lipinski definition) is 2. The molecule has 1 aliphatic rings. The van der Waals surface area contributed by atoms with Gasteiger partial charge < -0.3 is 20.0 Å². The van der Waals surface area contributed by atoms with Gasteiger partial charge >= 0.3 is 0 Å². The minimum absolute atomic E-state index is 0.0747. The van der Waals surface area contributed by atoms with E-state index in [1.54, 1.807) is 49.4 Å². The smallest absolute Gasteiger partial charge is 0.293 e. The molecule has 0 unspecified atom stereocenters. The summed E-state index contributed by atoms with van der Waals surface area (Å²) in [4.78, 5) is 38.3. The van der Waals surface area contributed by atoms with Crippen LogP contribution in [0, 0.1) is 23.0 Å². The Morgan fingerprint density at radius 3 is 2.47 bits per heavy atom. The molecule has 0 aliphatic carbocycles. The van der Waals surface area contributed by atoms with E-state index in [2.05, 4.69) is 17.6 Å². The minimum Gasteiger partial charge on any atom is -0.459 e. The lowest BCUT2D eigenvalue weighted by Gasteiger charge is -2.31. The molecule has 1 aromatic heterocycles. The van der Waals surface area contributed by atoms with Gasteiger partial charge in [-0.1, -0.05) is 6.92 Å². The molecule has 1 aliphatic heterocycles. The molecule has 2 heterocycles. The van der Waals surface area contributed by atoms with Crippen molar-refractivity contribution in [1.29, 1.82) is 0 Å². The van der Waals surface area contributed by atoms with Gasteiger partial charge in [0.25, 0.3) is 17.5 Å². The number of furan rings is 1. The van der Waals surface area contributed by atoms with E-state index in [0.29, 0.717) is 23.0 Å². The summed E-state index contributed by atoms with van der Waals surface area (Å²) >= 11 is 0. The second kappa shape index (κ2) is 9.78. The fraction of sp³-hybridized carbons (Fsp3) is 0.280. The molecule has 0 saturated carbocycles. The Bertz CT molecular complexity index is 1210. The van der Waals surface area contributed by atoms with Crippen LogP contribution in [0.2, 0.25) is 0 Å². The Morgan fingerprint density at radius 1 is 1.06 bits per heavy atom. The SMILES string of the molecule is Cc1cc(NC(=O)c2ccc(N3CCC(C)CC3)c([N+](=O)[O-])c2)ccc1NC(=O)c1ccco1. The van der Waals surface area contributed by atoms with Crippen LogP contribution >= 0.6 is 0 Å². The standard InChI is InChI=1S/C25H26N4O5/c1-16-9-11-28(12-10-16)21-8-5-18(15-22(21)29(32)33)24(30)26-19-6-7-20(17(2)14-19)27-25(31)23-4-3-13-34-23/h3-8,13-16H,9-12H2,1-2H3,(H,26,30)(H,27,31). The van der Waals surface area contributed by atoms with Crippen LogP contribution in [-0.2, 0) is 0 Å². The maximum absolute atomic E-state index is 12.8. The Hall–Kier alpha value is -4.14. The molecule has 9 nitrogen and oxygen atoms in total. The number of carbonyl (C=O) groups excluding carboxylic acids is 2. The molecule has 0 bridgehead atoms. The quantitative estimate of drug-likeness (QED) is 0.382. The van der Waals surface area contributed by atoms with E-state index in [1.807, 2.05) is 4.90 Å². The summed E-state index contributed by atoms with van der Waals surface area (Å²) in [5, 5.41) is 17.3. The third kappa shape index (κ3) is 5.09. The number of piperidine rings is 1. The highest BCUT2D eigenvalue weighted by atomic mass is 16.6. The number of nitrogens with one attached hydrogen (secondary N) is 2. The zero-order valence-electron chi connectivity index (χ0n) is 19.0. The van der Waals surface area contributed by atoms with E-state index < -0.39 is 10.8 Å². The van der Waals surface area contributed by atoms with Crippen LogP contribution in [0.4, 0.5) is 22.7 Å². The third-order valence-corrected chi connectivity index (χ3v) is 6.04. The number of benzene rings is 2. The molecule has 1 fully saturated rings. The third-order valence-electron chi connectivity index (χ3n) is 6.04. The molecular weight excluding hydrogens is 436 g/mol. The molecule has 0 spiro atoms. The molecule has 2 N–H and O–H groups in total. The van der Waals surface area contributed by atoms with Crippen molar-refractivity contribution < 1.29 is 18.9 Å². The summed E-state index contributed by atoms with van der Waals surface area (Å²) in [6.07, 6.45) is 3.39. The lowest BCUT2D eigenvalue weighted by molar-refractivity contribution is -0.384. The molecule has 176 valence electrons. The fourth-order valence-corrected chi connectivity index (χ4v) is 4.00. The van der Waals surface area contributed by atoms with Crippen LogP contribution in [0.3, 0.4) is 0 Å². The highest BCUT2D eigenvalue weighted by molar-refractivity contribution is 6.06. The molecule has 1 saturated heterocycles. The second-order valence-electron chi connectivity index (χ2n) is 8.55. The summed E-state index contributed by atoms with van der Waals surface area (Å²) in [5.41, 5.74) is 2.49. The van der Waals surface area contributed by atoms with Crippen molar-refractivity contribution in [2.45, 2.75) is 26.7 Å². The number of nitro benzene ring substituents is 1. The first-order valence-electron chi connectivity index (χ1n) is 11.1. The van der Waals surface area contributed by atoms with Gasteiger partial charge in [-0.15, -0.1) is 0 Å². The van der Waals surface area contributed by atoms with Gasteiger partial charge in [0.2, 0.25) is 0 Å². The molecule has 34 heavy (non-hydrogen) atoms. The number of aryl methyl sites for hydroxylation is 1. The Labute approximate surface area is 196 Å². The molecule has 3 aromatic rings. The molecule has 2 amide bonds. The Balaban J connectivity index is 1.47. The van der Waals surface area contributed by atoms with Crippen LogP contribution in [0.15, 0.2) is 59.2 Å². The zero-order chi connectivity index (χ0) is 24.2. The van der Waals surface area contributed by atoms with Gasteiger partial charge in [-0.05, 0) is 73.7 Å². The summed E-state index contributed by atoms with van der Waals surface area (Å²) < 4.78 is 5.09.